The number of carbonyl (C=O) groups is 1. The van der Waals surface area contributed by atoms with E-state index in [4.69, 9.17) is 9.47 Å². The fraction of sp³-hybridized carbons (Fsp3) is 0.167. The predicted molar refractivity (Wildman–Crippen MR) is 115 cm³/mol. The second kappa shape index (κ2) is 10.2. The van der Waals surface area contributed by atoms with Crippen LogP contribution in [-0.4, -0.2) is 18.7 Å². The second-order valence-corrected chi connectivity index (χ2v) is 6.62. The highest BCUT2D eigenvalue weighted by Gasteiger charge is 2.07. The van der Waals surface area contributed by atoms with Crippen LogP contribution >= 0.6 is 0 Å². The minimum atomic E-state index is -0.422. The molecule has 5 nitrogen and oxygen atoms in total. The number of benzene rings is 3. The van der Waals surface area contributed by atoms with Gasteiger partial charge in [-0.15, -0.1) is 0 Å². The van der Waals surface area contributed by atoms with Crippen molar-refractivity contribution in [2.24, 2.45) is 5.10 Å². The van der Waals surface area contributed by atoms with Gasteiger partial charge in [-0.3, -0.25) is 4.79 Å². The van der Waals surface area contributed by atoms with E-state index >= 15 is 0 Å². The smallest absolute Gasteiger partial charge is 0.271 e. The molecule has 0 aromatic heterocycles. The van der Waals surface area contributed by atoms with Gasteiger partial charge in [0.15, 0.2) is 11.5 Å². The summed E-state index contributed by atoms with van der Waals surface area (Å²) in [6, 6.07) is 18.8. The number of hydrogen-bond acceptors (Lipinski definition) is 4. The van der Waals surface area contributed by atoms with Crippen LogP contribution in [0.4, 0.5) is 4.39 Å². The maximum Gasteiger partial charge on any atom is 0.271 e. The van der Waals surface area contributed by atoms with E-state index in [1.54, 1.807) is 6.07 Å². The molecule has 154 valence electrons. The van der Waals surface area contributed by atoms with Gasteiger partial charge in [0.05, 0.1) is 12.8 Å². The average molecular weight is 406 g/mol. The lowest BCUT2D eigenvalue weighted by Gasteiger charge is -2.12. The third kappa shape index (κ3) is 5.91. The average Bonchev–Trinajstić information content (AvgIpc) is 2.75. The molecule has 0 aliphatic heterocycles. The van der Waals surface area contributed by atoms with Crippen LogP contribution in [0.5, 0.6) is 11.5 Å². The molecule has 1 amide bonds. The number of hydrogen-bond donors (Lipinski definition) is 1. The van der Waals surface area contributed by atoms with Crippen LogP contribution in [0.25, 0.3) is 0 Å². The lowest BCUT2D eigenvalue weighted by Crippen LogP contribution is -2.17. The van der Waals surface area contributed by atoms with E-state index in [2.05, 4.69) is 10.5 Å². The molecule has 3 aromatic carbocycles. The summed E-state index contributed by atoms with van der Waals surface area (Å²) in [6.07, 6.45) is 1.51. The van der Waals surface area contributed by atoms with Crippen molar-refractivity contribution in [3.05, 3.63) is 94.8 Å². The summed E-state index contributed by atoms with van der Waals surface area (Å²) in [5.41, 5.74) is 5.74. The summed E-state index contributed by atoms with van der Waals surface area (Å²) in [4.78, 5) is 12.0. The van der Waals surface area contributed by atoms with Gasteiger partial charge >= 0.3 is 0 Å². The van der Waals surface area contributed by atoms with E-state index in [0.717, 1.165) is 11.1 Å². The van der Waals surface area contributed by atoms with Crippen molar-refractivity contribution >= 4 is 12.1 Å². The first kappa shape index (κ1) is 21.0. The standard InChI is InChI=1S/C24H23FN2O3/c1-3-29-23-14-19(15-26-27-24(28)20-9-11-21(25)12-10-20)8-13-22(23)30-16-18-6-4-17(2)5-7-18/h4-15H,3,16H2,1-2H3,(H,27,28)/b26-15-. The van der Waals surface area contributed by atoms with E-state index < -0.39 is 11.7 Å². The Morgan fingerprint density at radius 2 is 1.73 bits per heavy atom. The third-order valence-electron chi connectivity index (χ3n) is 4.27. The maximum absolute atomic E-state index is 12.9. The van der Waals surface area contributed by atoms with Crippen molar-refractivity contribution in [2.45, 2.75) is 20.5 Å². The molecular weight excluding hydrogens is 383 g/mol. The van der Waals surface area contributed by atoms with E-state index in [1.165, 1.54) is 36.0 Å². The van der Waals surface area contributed by atoms with E-state index in [1.807, 2.05) is 50.2 Å². The van der Waals surface area contributed by atoms with Gasteiger partial charge in [-0.05, 0) is 67.4 Å². The number of nitrogens with zero attached hydrogens (tertiary/aromatic N) is 1. The molecule has 30 heavy (non-hydrogen) atoms. The summed E-state index contributed by atoms with van der Waals surface area (Å²) < 4.78 is 24.5. The normalized spacial score (nSPS) is 10.8. The molecule has 0 spiro atoms. The van der Waals surface area contributed by atoms with Crippen molar-refractivity contribution in [1.29, 1.82) is 0 Å². The highest BCUT2D eigenvalue weighted by Crippen LogP contribution is 2.29. The fourth-order valence-electron chi connectivity index (χ4n) is 2.67. The maximum atomic E-state index is 12.9. The number of carbonyl (C=O) groups excluding carboxylic acids is 1. The predicted octanol–water partition coefficient (Wildman–Crippen LogP) is 4.88. The first-order chi connectivity index (χ1) is 14.5. The lowest BCUT2D eigenvalue weighted by atomic mass is 10.2. The molecule has 0 bridgehead atoms. The molecule has 3 aromatic rings. The Balaban J connectivity index is 1.64. The van der Waals surface area contributed by atoms with Gasteiger partial charge in [-0.2, -0.15) is 5.10 Å². The Labute approximate surface area is 175 Å². The van der Waals surface area contributed by atoms with Crippen molar-refractivity contribution in [2.75, 3.05) is 6.61 Å². The Morgan fingerprint density at radius 3 is 2.43 bits per heavy atom. The van der Waals surface area contributed by atoms with Crippen molar-refractivity contribution in [1.82, 2.24) is 5.43 Å². The van der Waals surface area contributed by atoms with Gasteiger partial charge in [0.1, 0.15) is 12.4 Å². The molecule has 0 fully saturated rings. The molecule has 0 aliphatic rings. The van der Waals surface area contributed by atoms with Crippen LogP contribution in [0.3, 0.4) is 0 Å². The summed E-state index contributed by atoms with van der Waals surface area (Å²) >= 11 is 0. The quantitative estimate of drug-likeness (QED) is 0.429. The van der Waals surface area contributed by atoms with Crippen LogP contribution < -0.4 is 14.9 Å². The van der Waals surface area contributed by atoms with E-state index in [0.29, 0.717) is 30.3 Å². The third-order valence-corrected chi connectivity index (χ3v) is 4.27. The molecule has 0 saturated heterocycles. The molecule has 0 atom stereocenters. The summed E-state index contributed by atoms with van der Waals surface area (Å²) in [7, 11) is 0. The Morgan fingerprint density at radius 1 is 1.00 bits per heavy atom. The Hall–Kier alpha value is -3.67. The van der Waals surface area contributed by atoms with Crippen LogP contribution in [-0.2, 0) is 6.61 Å². The van der Waals surface area contributed by atoms with Crippen LogP contribution in [0, 0.1) is 12.7 Å². The molecule has 3 rings (SSSR count). The van der Waals surface area contributed by atoms with Crippen molar-refractivity contribution in [3.8, 4) is 11.5 Å². The number of rotatable bonds is 8. The molecule has 0 aliphatic carbocycles. The Bertz CT molecular complexity index is 1020. The largest absolute Gasteiger partial charge is 0.490 e. The second-order valence-electron chi connectivity index (χ2n) is 6.62. The number of hydrazone groups is 1. The topological polar surface area (TPSA) is 59.9 Å². The highest BCUT2D eigenvalue weighted by atomic mass is 19.1. The minimum absolute atomic E-state index is 0.323. The monoisotopic (exact) mass is 406 g/mol. The molecule has 6 heteroatoms. The van der Waals surface area contributed by atoms with Gasteiger partial charge in [0.2, 0.25) is 0 Å². The number of nitrogens with one attached hydrogen (secondary N) is 1. The van der Waals surface area contributed by atoms with Gasteiger partial charge in [0, 0.05) is 5.56 Å². The first-order valence-corrected chi connectivity index (χ1v) is 9.59. The summed E-state index contributed by atoms with van der Waals surface area (Å²) in [5.74, 6) is 0.404. The molecule has 1 N–H and O–H groups in total. The molecular formula is C24H23FN2O3. The Kier molecular flexibility index (Phi) is 7.16. The number of halogens is 1. The van der Waals surface area contributed by atoms with Crippen molar-refractivity contribution < 1.29 is 18.7 Å². The van der Waals surface area contributed by atoms with Crippen LogP contribution in [0.15, 0.2) is 71.8 Å². The fourth-order valence-corrected chi connectivity index (χ4v) is 2.67. The zero-order chi connectivity index (χ0) is 21.3. The minimum Gasteiger partial charge on any atom is -0.490 e. The number of aryl methyl sites for hydroxylation is 1. The van der Waals surface area contributed by atoms with Crippen LogP contribution in [0.1, 0.15) is 34.0 Å². The lowest BCUT2D eigenvalue weighted by molar-refractivity contribution is 0.0955. The number of amides is 1. The summed E-state index contributed by atoms with van der Waals surface area (Å²) in [6.45, 7) is 4.86. The SMILES string of the molecule is CCOc1cc(/C=N\NC(=O)c2ccc(F)cc2)ccc1OCc1ccc(C)cc1. The van der Waals surface area contributed by atoms with Gasteiger partial charge in [-0.1, -0.05) is 29.8 Å². The first-order valence-electron chi connectivity index (χ1n) is 9.59. The van der Waals surface area contributed by atoms with E-state index in [-0.39, 0.29) is 0 Å². The van der Waals surface area contributed by atoms with Gasteiger partial charge in [0.25, 0.3) is 5.91 Å². The van der Waals surface area contributed by atoms with Crippen LogP contribution in [0.2, 0.25) is 0 Å². The zero-order valence-electron chi connectivity index (χ0n) is 16.9. The summed E-state index contributed by atoms with van der Waals surface area (Å²) in [5, 5.41) is 3.96. The molecule has 0 unspecified atom stereocenters. The van der Waals surface area contributed by atoms with Gasteiger partial charge < -0.3 is 9.47 Å². The van der Waals surface area contributed by atoms with Crippen molar-refractivity contribution in [3.63, 3.8) is 0 Å². The molecule has 0 radical (unpaired) electrons. The highest BCUT2D eigenvalue weighted by molar-refractivity contribution is 5.94. The number of ether oxygens (including phenoxy) is 2. The molecule has 0 heterocycles. The van der Waals surface area contributed by atoms with E-state index in [9.17, 15) is 9.18 Å². The zero-order valence-corrected chi connectivity index (χ0v) is 16.9. The molecule has 0 saturated carbocycles. The van der Waals surface area contributed by atoms with Gasteiger partial charge in [-0.25, -0.2) is 9.82 Å².